The molecule has 1 fully saturated rings. The predicted octanol–water partition coefficient (Wildman–Crippen LogP) is 1.32. The number of amides is 1. The standard InChI is InChI=1S/C21H17N3O3S2/c22-14-17(19(25)23-8-10-27-11-9-23)21-24(15-5-2-1-3-6-15)20(26)18(29-21)13-16-7-4-12-28-16/h1-7,12-13H,8-11H2/b18-13+,21-17-. The van der Waals surface area contributed by atoms with Crippen LogP contribution in [0.1, 0.15) is 4.88 Å². The van der Waals surface area contributed by atoms with Crippen molar-refractivity contribution in [3.05, 3.63) is 72.3 Å². The van der Waals surface area contributed by atoms with Crippen LogP contribution < -0.4 is 14.8 Å². The molecule has 1 aromatic carbocycles. The second kappa shape index (κ2) is 8.57. The molecule has 6 nitrogen and oxygen atoms in total. The molecule has 1 amide bonds. The van der Waals surface area contributed by atoms with Gasteiger partial charge in [0, 0.05) is 18.0 Å². The van der Waals surface area contributed by atoms with Gasteiger partial charge in [-0.2, -0.15) is 5.26 Å². The number of hydrogen-bond acceptors (Lipinski definition) is 6. The first kappa shape index (κ1) is 19.3. The monoisotopic (exact) mass is 423 g/mol. The molecule has 1 aliphatic heterocycles. The van der Waals surface area contributed by atoms with Gasteiger partial charge in [-0.15, -0.1) is 22.7 Å². The van der Waals surface area contributed by atoms with Crippen molar-refractivity contribution in [3.63, 3.8) is 0 Å². The Labute approximate surface area is 174 Å². The molecule has 0 aliphatic carbocycles. The van der Waals surface area contributed by atoms with Crippen LogP contribution in [0.5, 0.6) is 0 Å². The third kappa shape index (κ3) is 3.93. The minimum Gasteiger partial charge on any atom is -0.378 e. The van der Waals surface area contributed by atoms with Crippen molar-refractivity contribution in [3.8, 4) is 11.8 Å². The molecule has 146 valence electrons. The molecule has 3 heterocycles. The van der Waals surface area contributed by atoms with Crippen molar-refractivity contribution in [2.75, 3.05) is 26.3 Å². The molecule has 0 radical (unpaired) electrons. The first-order valence-corrected chi connectivity index (χ1v) is 10.7. The molecule has 29 heavy (non-hydrogen) atoms. The minimum absolute atomic E-state index is 0.0244. The smallest absolute Gasteiger partial charge is 0.273 e. The molecule has 0 atom stereocenters. The zero-order chi connectivity index (χ0) is 20.2. The first-order chi connectivity index (χ1) is 14.2. The third-order valence-electron chi connectivity index (χ3n) is 4.49. The number of carbonyl (C=O) groups excluding carboxylic acids is 1. The van der Waals surface area contributed by atoms with Crippen LogP contribution in [0.4, 0.5) is 0 Å². The summed E-state index contributed by atoms with van der Waals surface area (Å²) in [5, 5.41) is 11.8. The number of morpholine rings is 1. The Balaban J connectivity index is 1.98. The summed E-state index contributed by atoms with van der Waals surface area (Å²) in [6.07, 6.45) is 1.80. The molecule has 1 saturated heterocycles. The number of hydrogen-bond donors (Lipinski definition) is 0. The van der Waals surface area contributed by atoms with E-state index in [4.69, 9.17) is 4.74 Å². The van der Waals surface area contributed by atoms with Gasteiger partial charge in [0.05, 0.1) is 23.4 Å². The maximum absolute atomic E-state index is 13.2. The first-order valence-electron chi connectivity index (χ1n) is 9.03. The van der Waals surface area contributed by atoms with Crippen LogP contribution in [0.3, 0.4) is 0 Å². The van der Waals surface area contributed by atoms with E-state index in [1.807, 2.05) is 41.8 Å². The van der Waals surface area contributed by atoms with Crippen molar-refractivity contribution in [1.29, 1.82) is 5.26 Å². The van der Waals surface area contributed by atoms with Crippen molar-refractivity contribution in [2.24, 2.45) is 0 Å². The molecular formula is C21H17N3O3S2. The number of carbonyl (C=O) groups is 1. The number of thiophene rings is 1. The van der Waals surface area contributed by atoms with E-state index in [1.165, 1.54) is 27.2 Å². The van der Waals surface area contributed by atoms with E-state index < -0.39 is 0 Å². The number of ether oxygens (including phenoxy) is 1. The lowest BCUT2D eigenvalue weighted by Gasteiger charge is -2.26. The molecule has 3 aromatic rings. The quantitative estimate of drug-likeness (QED) is 0.637. The number of nitrogens with zero attached hydrogens (tertiary/aromatic N) is 3. The van der Waals surface area contributed by atoms with E-state index in [9.17, 15) is 14.9 Å². The van der Waals surface area contributed by atoms with Gasteiger partial charge in [-0.1, -0.05) is 24.3 Å². The lowest BCUT2D eigenvalue weighted by Crippen LogP contribution is -2.42. The molecular weight excluding hydrogens is 406 g/mol. The number of nitriles is 1. The van der Waals surface area contributed by atoms with E-state index in [0.29, 0.717) is 41.2 Å². The van der Waals surface area contributed by atoms with Crippen LogP contribution in [0.25, 0.3) is 17.3 Å². The van der Waals surface area contributed by atoms with Gasteiger partial charge in [0.25, 0.3) is 11.5 Å². The fourth-order valence-electron chi connectivity index (χ4n) is 3.08. The molecule has 8 heteroatoms. The summed E-state index contributed by atoms with van der Waals surface area (Å²) in [6.45, 7) is 1.74. The Morgan fingerprint density at radius 3 is 2.55 bits per heavy atom. The van der Waals surface area contributed by atoms with Gasteiger partial charge in [0.1, 0.15) is 10.7 Å². The van der Waals surface area contributed by atoms with Crippen LogP contribution in [-0.4, -0.2) is 41.7 Å². The van der Waals surface area contributed by atoms with E-state index in [1.54, 1.807) is 23.1 Å². The Kier molecular flexibility index (Phi) is 5.71. The molecule has 1 aliphatic rings. The van der Waals surface area contributed by atoms with Gasteiger partial charge < -0.3 is 9.64 Å². The second-order valence-electron chi connectivity index (χ2n) is 6.30. The Hall–Kier alpha value is -2.99. The molecule has 2 aromatic heterocycles. The summed E-state index contributed by atoms with van der Waals surface area (Å²) < 4.78 is 7.59. The predicted molar refractivity (Wildman–Crippen MR) is 113 cm³/mol. The van der Waals surface area contributed by atoms with E-state index in [2.05, 4.69) is 0 Å². The number of thiazole rings is 1. The maximum Gasteiger partial charge on any atom is 0.273 e. The van der Waals surface area contributed by atoms with Crippen molar-refractivity contribution in [1.82, 2.24) is 9.47 Å². The van der Waals surface area contributed by atoms with Gasteiger partial charge in [-0.3, -0.25) is 14.2 Å². The van der Waals surface area contributed by atoms with Gasteiger partial charge in [-0.05, 0) is 29.7 Å². The van der Waals surface area contributed by atoms with Crippen LogP contribution in [0.2, 0.25) is 0 Å². The summed E-state index contributed by atoms with van der Waals surface area (Å²) in [4.78, 5) is 28.8. The van der Waals surface area contributed by atoms with Crippen molar-refractivity contribution in [2.45, 2.75) is 0 Å². The molecule has 0 unspecified atom stereocenters. The number of benzene rings is 1. The van der Waals surface area contributed by atoms with Gasteiger partial charge >= 0.3 is 0 Å². The zero-order valence-electron chi connectivity index (χ0n) is 15.4. The van der Waals surface area contributed by atoms with Crippen molar-refractivity contribution < 1.29 is 9.53 Å². The minimum atomic E-state index is -0.371. The summed E-state index contributed by atoms with van der Waals surface area (Å²) in [6, 6.07) is 15.0. The van der Waals surface area contributed by atoms with Gasteiger partial charge in [0.2, 0.25) is 0 Å². The van der Waals surface area contributed by atoms with Crippen molar-refractivity contribution >= 4 is 40.2 Å². The summed E-state index contributed by atoms with van der Waals surface area (Å²) in [5.41, 5.74) is 0.355. The molecule has 0 N–H and O–H groups in total. The highest BCUT2D eigenvalue weighted by atomic mass is 32.1. The topological polar surface area (TPSA) is 75.3 Å². The lowest BCUT2D eigenvalue weighted by atomic mass is 10.2. The largest absolute Gasteiger partial charge is 0.378 e. The maximum atomic E-state index is 13.2. The fourth-order valence-corrected chi connectivity index (χ4v) is 4.90. The average molecular weight is 424 g/mol. The Morgan fingerprint density at radius 1 is 1.14 bits per heavy atom. The molecule has 4 rings (SSSR count). The van der Waals surface area contributed by atoms with Gasteiger partial charge in [-0.25, -0.2) is 0 Å². The normalized spacial score (nSPS) is 15.8. The molecule has 0 bridgehead atoms. The van der Waals surface area contributed by atoms with E-state index in [0.717, 1.165) is 4.88 Å². The van der Waals surface area contributed by atoms with Crippen LogP contribution in [-0.2, 0) is 9.53 Å². The fraction of sp³-hybridized carbons (Fsp3) is 0.190. The van der Waals surface area contributed by atoms with E-state index in [-0.39, 0.29) is 17.0 Å². The second-order valence-corrected chi connectivity index (χ2v) is 8.31. The van der Waals surface area contributed by atoms with Gasteiger partial charge in [0.15, 0.2) is 5.57 Å². The van der Waals surface area contributed by atoms with Crippen LogP contribution >= 0.6 is 22.7 Å². The van der Waals surface area contributed by atoms with Crippen LogP contribution in [0, 0.1) is 11.3 Å². The number of aromatic nitrogens is 1. The summed E-state index contributed by atoms with van der Waals surface area (Å²) in [7, 11) is 0. The summed E-state index contributed by atoms with van der Waals surface area (Å²) >= 11 is 2.69. The number of para-hydroxylation sites is 1. The highest BCUT2D eigenvalue weighted by molar-refractivity contribution is 7.11. The lowest BCUT2D eigenvalue weighted by molar-refractivity contribution is -0.128. The SMILES string of the molecule is N#C/C(C(=O)N1CCOCC1)=c1/s/c(=C/c2cccs2)c(=O)n1-c1ccccc1. The highest BCUT2D eigenvalue weighted by Crippen LogP contribution is 2.10. The van der Waals surface area contributed by atoms with E-state index >= 15 is 0 Å². The summed E-state index contributed by atoms with van der Waals surface area (Å²) in [5.74, 6) is -0.371. The average Bonchev–Trinajstić information content (AvgIpc) is 3.38. The Bertz CT molecular complexity index is 1230. The van der Waals surface area contributed by atoms with Crippen LogP contribution in [0.15, 0.2) is 52.6 Å². The number of rotatable bonds is 3. The Morgan fingerprint density at radius 2 is 1.90 bits per heavy atom. The molecule has 0 spiro atoms. The zero-order valence-corrected chi connectivity index (χ0v) is 17.0. The molecule has 0 saturated carbocycles. The third-order valence-corrected chi connectivity index (χ3v) is 6.40. The highest BCUT2D eigenvalue weighted by Gasteiger charge is 2.23.